The topological polar surface area (TPSA) is 88.2 Å². The van der Waals surface area contributed by atoms with Crippen molar-refractivity contribution < 1.29 is 9.90 Å². The molecule has 2 rings (SSSR count). The van der Waals surface area contributed by atoms with Gasteiger partial charge in [-0.2, -0.15) is 0 Å². The molecule has 1 aromatic carbocycles. The smallest absolute Gasteiger partial charge is 0.410 e. The van der Waals surface area contributed by atoms with Crippen molar-refractivity contribution in [2.75, 3.05) is 11.1 Å². The predicted octanol–water partition coefficient (Wildman–Crippen LogP) is 2.48. The molecule has 1 amide bonds. The normalized spacial score (nSPS) is 10.0. The maximum absolute atomic E-state index is 10.4. The van der Waals surface area contributed by atoms with E-state index in [0.717, 1.165) is 16.9 Å². The molecule has 0 unspecified atom stereocenters. The molecule has 0 saturated heterocycles. The molecule has 0 radical (unpaired) electrons. The molecule has 0 atom stereocenters. The average molecular weight is 235 g/mol. The number of nitrogens with two attached hydrogens (primary N) is 1. The fourth-order valence-electron chi connectivity index (χ4n) is 1.28. The molecule has 2 aromatic rings. The Morgan fingerprint density at radius 2 is 2.06 bits per heavy atom. The Labute approximate surface area is 95.6 Å². The summed E-state index contributed by atoms with van der Waals surface area (Å²) < 4.78 is 0. The standard InChI is InChI=1S/C10H9N3O2S/c11-8-7(6-4-2-1-3-5-6)12-9(16-8)13-10(14)15/h1-5H,11H2,(H,12,13)(H,14,15). The van der Waals surface area contributed by atoms with Crippen LogP contribution in [0.5, 0.6) is 0 Å². The first-order valence-electron chi connectivity index (χ1n) is 4.48. The summed E-state index contributed by atoms with van der Waals surface area (Å²) in [5.41, 5.74) is 7.25. The monoisotopic (exact) mass is 235 g/mol. The number of nitrogens with one attached hydrogen (secondary N) is 1. The lowest BCUT2D eigenvalue weighted by Crippen LogP contribution is -2.06. The zero-order valence-electron chi connectivity index (χ0n) is 8.18. The van der Waals surface area contributed by atoms with Crippen LogP contribution in [-0.4, -0.2) is 16.2 Å². The highest BCUT2D eigenvalue weighted by Crippen LogP contribution is 2.32. The molecule has 5 nitrogen and oxygen atoms in total. The van der Waals surface area contributed by atoms with Crippen molar-refractivity contribution >= 4 is 27.6 Å². The molecule has 82 valence electrons. The molecular weight excluding hydrogens is 226 g/mol. The van der Waals surface area contributed by atoms with Gasteiger partial charge in [0.2, 0.25) is 0 Å². The van der Waals surface area contributed by atoms with E-state index < -0.39 is 6.09 Å². The number of carbonyl (C=O) groups is 1. The summed E-state index contributed by atoms with van der Waals surface area (Å²) in [5.74, 6) is 0. The highest BCUT2D eigenvalue weighted by Gasteiger charge is 2.11. The summed E-state index contributed by atoms with van der Waals surface area (Å²) in [5, 5.41) is 11.5. The second-order valence-corrected chi connectivity index (χ2v) is 4.06. The molecule has 0 saturated carbocycles. The maximum atomic E-state index is 10.4. The largest absolute Gasteiger partial charge is 0.465 e. The van der Waals surface area contributed by atoms with Crippen LogP contribution in [0.2, 0.25) is 0 Å². The molecular formula is C10H9N3O2S. The van der Waals surface area contributed by atoms with Gasteiger partial charge in [0, 0.05) is 5.56 Å². The lowest BCUT2D eigenvalue weighted by molar-refractivity contribution is 0.209. The summed E-state index contributed by atoms with van der Waals surface area (Å²) in [6, 6.07) is 9.38. The summed E-state index contributed by atoms with van der Waals surface area (Å²) in [6.45, 7) is 0. The van der Waals surface area contributed by atoms with Gasteiger partial charge < -0.3 is 10.8 Å². The molecule has 0 bridgehead atoms. The van der Waals surface area contributed by atoms with Crippen LogP contribution in [0.25, 0.3) is 11.3 Å². The van der Waals surface area contributed by atoms with Crippen molar-refractivity contribution in [3.05, 3.63) is 30.3 Å². The van der Waals surface area contributed by atoms with Gasteiger partial charge in [0.05, 0.1) is 0 Å². The second kappa shape index (κ2) is 4.19. The van der Waals surface area contributed by atoms with E-state index in [2.05, 4.69) is 10.3 Å². The molecule has 1 heterocycles. The zero-order chi connectivity index (χ0) is 11.5. The molecule has 6 heteroatoms. The number of nitrogen functional groups attached to an aromatic ring is 1. The van der Waals surface area contributed by atoms with Gasteiger partial charge in [-0.15, -0.1) is 0 Å². The van der Waals surface area contributed by atoms with Crippen molar-refractivity contribution in [1.29, 1.82) is 0 Å². The summed E-state index contributed by atoms with van der Waals surface area (Å²) in [7, 11) is 0. The van der Waals surface area contributed by atoms with Gasteiger partial charge >= 0.3 is 6.09 Å². The van der Waals surface area contributed by atoms with Gasteiger partial charge in [-0.05, 0) is 0 Å². The van der Waals surface area contributed by atoms with Gasteiger partial charge in [-0.25, -0.2) is 9.78 Å². The first-order chi connectivity index (χ1) is 7.66. The minimum atomic E-state index is -1.15. The van der Waals surface area contributed by atoms with Crippen molar-refractivity contribution in [2.45, 2.75) is 0 Å². The Kier molecular flexibility index (Phi) is 2.74. The Morgan fingerprint density at radius 3 is 2.69 bits per heavy atom. The molecule has 0 aliphatic rings. The molecule has 0 spiro atoms. The quantitative estimate of drug-likeness (QED) is 0.746. The Balaban J connectivity index is 2.36. The molecule has 0 aliphatic heterocycles. The van der Waals surface area contributed by atoms with E-state index in [-0.39, 0.29) is 5.13 Å². The van der Waals surface area contributed by atoms with Gasteiger partial charge in [0.15, 0.2) is 5.13 Å². The fourth-order valence-corrected chi connectivity index (χ4v) is 2.02. The van der Waals surface area contributed by atoms with Crippen molar-refractivity contribution in [2.24, 2.45) is 0 Å². The zero-order valence-corrected chi connectivity index (χ0v) is 8.99. The number of carboxylic acid groups (broad SMARTS) is 1. The Morgan fingerprint density at radius 1 is 1.38 bits per heavy atom. The Bertz CT molecular complexity index is 510. The number of benzene rings is 1. The van der Waals surface area contributed by atoms with Crippen LogP contribution >= 0.6 is 11.3 Å². The van der Waals surface area contributed by atoms with Crippen molar-refractivity contribution in [1.82, 2.24) is 4.98 Å². The van der Waals surface area contributed by atoms with Crippen LogP contribution in [0.4, 0.5) is 14.9 Å². The van der Waals surface area contributed by atoms with Gasteiger partial charge in [0.1, 0.15) is 10.7 Å². The van der Waals surface area contributed by atoms with Crippen molar-refractivity contribution in [3.8, 4) is 11.3 Å². The number of thiazole rings is 1. The van der Waals surface area contributed by atoms with Crippen LogP contribution in [-0.2, 0) is 0 Å². The molecule has 0 fully saturated rings. The van der Waals surface area contributed by atoms with Crippen LogP contribution in [0.15, 0.2) is 30.3 Å². The van der Waals surface area contributed by atoms with Crippen LogP contribution < -0.4 is 11.1 Å². The first-order valence-corrected chi connectivity index (χ1v) is 5.30. The van der Waals surface area contributed by atoms with Gasteiger partial charge in [0.25, 0.3) is 0 Å². The minimum absolute atomic E-state index is 0.281. The Hall–Kier alpha value is -2.08. The number of rotatable bonds is 2. The highest BCUT2D eigenvalue weighted by atomic mass is 32.1. The van der Waals surface area contributed by atoms with Crippen LogP contribution in [0.3, 0.4) is 0 Å². The maximum Gasteiger partial charge on any atom is 0.410 e. The van der Waals surface area contributed by atoms with E-state index in [0.29, 0.717) is 10.7 Å². The highest BCUT2D eigenvalue weighted by molar-refractivity contribution is 7.20. The van der Waals surface area contributed by atoms with E-state index >= 15 is 0 Å². The van der Waals surface area contributed by atoms with E-state index in [1.54, 1.807) is 0 Å². The number of anilines is 2. The van der Waals surface area contributed by atoms with E-state index in [1.807, 2.05) is 30.3 Å². The number of aromatic nitrogens is 1. The fraction of sp³-hybridized carbons (Fsp3) is 0. The third-order valence-electron chi connectivity index (χ3n) is 1.91. The number of nitrogens with zero attached hydrogens (tertiary/aromatic N) is 1. The van der Waals surface area contributed by atoms with Gasteiger partial charge in [-0.3, -0.25) is 5.32 Å². The van der Waals surface area contributed by atoms with Crippen LogP contribution in [0, 0.1) is 0 Å². The number of amides is 1. The average Bonchev–Trinajstić information content (AvgIpc) is 2.60. The third kappa shape index (κ3) is 2.12. The SMILES string of the molecule is Nc1sc(NC(=O)O)nc1-c1ccccc1. The molecule has 16 heavy (non-hydrogen) atoms. The van der Waals surface area contributed by atoms with E-state index in [1.165, 1.54) is 0 Å². The van der Waals surface area contributed by atoms with Crippen LogP contribution in [0.1, 0.15) is 0 Å². The first kappa shape index (κ1) is 10.4. The minimum Gasteiger partial charge on any atom is -0.465 e. The number of hydrogen-bond donors (Lipinski definition) is 3. The van der Waals surface area contributed by atoms with E-state index in [4.69, 9.17) is 10.8 Å². The third-order valence-corrected chi connectivity index (χ3v) is 2.71. The molecule has 0 aliphatic carbocycles. The lowest BCUT2D eigenvalue weighted by Gasteiger charge is -1.96. The summed E-state index contributed by atoms with van der Waals surface area (Å²) in [4.78, 5) is 14.6. The predicted molar refractivity (Wildman–Crippen MR) is 63.6 cm³/mol. The van der Waals surface area contributed by atoms with Gasteiger partial charge in [-0.1, -0.05) is 41.7 Å². The molecule has 1 aromatic heterocycles. The summed E-state index contributed by atoms with van der Waals surface area (Å²) in [6.07, 6.45) is -1.15. The number of hydrogen-bond acceptors (Lipinski definition) is 4. The lowest BCUT2D eigenvalue weighted by atomic mass is 10.2. The van der Waals surface area contributed by atoms with Crippen molar-refractivity contribution in [3.63, 3.8) is 0 Å². The molecule has 4 N–H and O–H groups in total. The summed E-state index contributed by atoms with van der Waals surface area (Å²) >= 11 is 1.11. The second-order valence-electron chi connectivity index (χ2n) is 3.03. The van der Waals surface area contributed by atoms with E-state index in [9.17, 15) is 4.79 Å².